The summed E-state index contributed by atoms with van der Waals surface area (Å²) in [6.45, 7) is 4.36. The molecule has 0 aliphatic carbocycles. The molecule has 0 spiro atoms. The zero-order chi connectivity index (χ0) is 12.1. The first kappa shape index (κ1) is 12.4. The Labute approximate surface area is 111 Å². The predicted octanol–water partition coefficient (Wildman–Crippen LogP) is 3.17. The molecule has 88 valence electrons. The maximum atomic E-state index is 2.33. The number of rotatable bonds is 4. The van der Waals surface area contributed by atoms with Crippen LogP contribution in [0.4, 0.5) is 0 Å². The van der Waals surface area contributed by atoms with Gasteiger partial charge in [0.2, 0.25) is 0 Å². The second kappa shape index (κ2) is 6.06. The van der Waals surface area contributed by atoms with Gasteiger partial charge in [0.15, 0.2) is 0 Å². The second-order valence-electron chi connectivity index (χ2n) is 4.83. The first-order valence-corrected chi connectivity index (χ1v) is 10.5. The summed E-state index contributed by atoms with van der Waals surface area (Å²) in [5.41, 5.74) is 5.86. The number of hydrogen-bond donors (Lipinski definition) is 0. The van der Waals surface area contributed by atoms with Crippen LogP contribution in [-0.4, -0.2) is 15.4 Å². The molecule has 17 heavy (non-hydrogen) atoms. The van der Waals surface area contributed by atoms with Crippen LogP contribution >= 0.6 is 0 Å². The van der Waals surface area contributed by atoms with Crippen LogP contribution in [0.15, 0.2) is 48.5 Å². The molecule has 0 aliphatic heterocycles. The van der Waals surface area contributed by atoms with Crippen molar-refractivity contribution in [1.29, 1.82) is 0 Å². The van der Waals surface area contributed by atoms with Gasteiger partial charge < -0.3 is 0 Å². The van der Waals surface area contributed by atoms with Gasteiger partial charge in [-0.2, -0.15) is 0 Å². The van der Waals surface area contributed by atoms with Gasteiger partial charge >= 0.3 is 111 Å². The molecule has 0 N–H and O–H groups in total. The normalized spacial score (nSPS) is 10.5. The van der Waals surface area contributed by atoms with Crippen LogP contribution in [0.5, 0.6) is 0 Å². The van der Waals surface area contributed by atoms with E-state index in [0.717, 1.165) is 0 Å². The van der Waals surface area contributed by atoms with Crippen molar-refractivity contribution >= 4 is 15.4 Å². The minimum atomic E-state index is -0.453. The molecule has 0 heterocycles. The third kappa shape index (κ3) is 4.05. The molecule has 0 radical (unpaired) electrons. The van der Waals surface area contributed by atoms with Gasteiger partial charge in [0.1, 0.15) is 0 Å². The molecular formula is C16H20Ge. The van der Waals surface area contributed by atoms with E-state index in [0.29, 0.717) is 0 Å². The molecule has 0 bridgehead atoms. The Kier molecular flexibility index (Phi) is 4.44. The van der Waals surface area contributed by atoms with E-state index in [2.05, 4.69) is 62.4 Å². The van der Waals surface area contributed by atoms with Gasteiger partial charge in [-0.1, -0.05) is 0 Å². The van der Waals surface area contributed by atoms with E-state index in [9.17, 15) is 0 Å². The van der Waals surface area contributed by atoms with Crippen LogP contribution in [0, 0.1) is 13.8 Å². The van der Waals surface area contributed by atoms with E-state index in [4.69, 9.17) is 0 Å². The molecule has 0 atom stereocenters. The van der Waals surface area contributed by atoms with Gasteiger partial charge in [-0.05, 0) is 0 Å². The summed E-state index contributed by atoms with van der Waals surface area (Å²) in [5, 5.41) is 2.73. The Bertz CT molecular complexity index is 443. The minimum absolute atomic E-state index is 0.453. The first-order chi connectivity index (χ1) is 8.24. The van der Waals surface area contributed by atoms with Crippen molar-refractivity contribution < 1.29 is 0 Å². The Hall–Kier alpha value is -1.02. The van der Waals surface area contributed by atoms with Gasteiger partial charge in [-0.25, -0.2) is 0 Å². The summed E-state index contributed by atoms with van der Waals surface area (Å²) in [6, 6.07) is 17.9. The van der Waals surface area contributed by atoms with Crippen LogP contribution in [0.3, 0.4) is 0 Å². The number of hydrogen-bond acceptors (Lipinski definition) is 0. The fourth-order valence-electron chi connectivity index (χ4n) is 2.23. The van der Waals surface area contributed by atoms with Crippen LogP contribution in [0.2, 0.25) is 0 Å². The third-order valence-corrected chi connectivity index (χ3v) is 7.00. The second-order valence-corrected chi connectivity index (χ2v) is 8.41. The van der Waals surface area contributed by atoms with Crippen LogP contribution in [-0.2, 0) is 10.5 Å². The van der Waals surface area contributed by atoms with Crippen molar-refractivity contribution in [3.05, 3.63) is 70.8 Å². The molecule has 1 heteroatoms. The topological polar surface area (TPSA) is 0 Å². The average molecular weight is 285 g/mol. The van der Waals surface area contributed by atoms with E-state index >= 15 is 0 Å². The first-order valence-electron chi connectivity index (χ1n) is 6.35. The molecular weight excluding hydrogens is 265 g/mol. The van der Waals surface area contributed by atoms with E-state index in [1.807, 2.05) is 0 Å². The van der Waals surface area contributed by atoms with Crippen molar-refractivity contribution in [2.45, 2.75) is 24.4 Å². The van der Waals surface area contributed by atoms with Gasteiger partial charge in [0, 0.05) is 0 Å². The van der Waals surface area contributed by atoms with E-state index in [-0.39, 0.29) is 0 Å². The summed E-state index contributed by atoms with van der Waals surface area (Å²) < 4.78 is 0. The van der Waals surface area contributed by atoms with Gasteiger partial charge in [-0.15, -0.1) is 0 Å². The fraction of sp³-hybridized carbons (Fsp3) is 0.250. The van der Waals surface area contributed by atoms with Crippen LogP contribution < -0.4 is 0 Å². The molecule has 2 aromatic rings. The molecule has 2 aromatic carbocycles. The molecule has 0 fully saturated rings. The van der Waals surface area contributed by atoms with Gasteiger partial charge in [0.25, 0.3) is 0 Å². The quantitative estimate of drug-likeness (QED) is 0.757. The molecule has 0 nitrogen and oxygen atoms in total. The Morgan fingerprint density at radius 3 is 1.65 bits per heavy atom. The van der Waals surface area contributed by atoms with Crippen molar-refractivity contribution in [1.82, 2.24) is 0 Å². The van der Waals surface area contributed by atoms with Gasteiger partial charge in [0.05, 0.1) is 0 Å². The zero-order valence-electron chi connectivity index (χ0n) is 10.7. The van der Waals surface area contributed by atoms with E-state index in [1.165, 1.54) is 32.8 Å². The Morgan fingerprint density at radius 1 is 0.765 bits per heavy atom. The van der Waals surface area contributed by atoms with E-state index < -0.39 is 15.4 Å². The SMILES string of the molecule is Cc1cccc([CH2][GeH2][CH2]c2cccc(C)c2)c1. The molecule has 0 saturated heterocycles. The average Bonchev–Trinajstić information content (AvgIpc) is 2.29. The van der Waals surface area contributed by atoms with Crippen molar-refractivity contribution in [2.24, 2.45) is 0 Å². The fourth-order valence-corrected chi connectivity index (χ4v) is 5.62. The predicted molar refractivity (Wildman–Crippen MR) is 78.3 cm³/mol. The summed E-state index contributed by atoms with van der Waals surface area (Å²) in [7, 11) is 0. The monoisotopic (exact) mass is 286 g/mol. The molecule has 0 unspecified atom stereocenters. The van der Waals surface area contributed by atoms with Crippen LogP contribution in [0.25, 0.3) is 0 Å². The summed E-state index contributed by atoms with van der Waals surface area (Å²) in [4.78, 5) is 0. The molecule has 2 rings (SSSR count). The van der Waals surface area contributed by atoms with Crippen molar-refractivity contribution in [3.8, 4) is 0 Å². The summed E-state index contributed by atoms with van der Waals surface area (Å²) in [5.74, 6) is 0. The summed E-state index contributed by atoms with van der Waals surface area (Å²) in [6.07, 6.45) is 0. The number of aryl methyl sites for hydroxylation is 2. The number of benzene rings is 2. The Balaban J connectivity index is 1.87. The van der Waals surface area contributed by atoms with Gasteiger partial charge in [-0.3, -0.25) is 0 Å². The van der Waals surface area contributed by atoms with Crippen LogP contribution in [0.1, 0.15) is 22.3 Å². The maximum absolute atomic E-state index is 2.33. The summed E-state index contributed by atoms with van der Waals surface area (Å²) >= 11 is -0.453. The van der Waals surface area contributed by atoms with Crippen molar-refractivity contribution in [3.63, 3.8) is 0 Å². The Morgan fingerprint density at radius 2 is 1.24 bits per heavy atom. The molecule has 0 saturated carbocycles. The molecule has 0 amide bonds. The third-order valence-electron chi connectivity index (χ3n) is 3.10. The standard InChI is InChI=1S/C16H20Ge/c1-13-5-3-7-15(9-13)11-17-12-16-8-4-6-14(2)10-16/h3-10H,11-12,17H2,1-2H3. The van der Waals surface area contributed by atoms with E-state index in [1.54, 1.807) is 0 Å². The molecule has 0 aromatic heterocycles. The zero-order valence-corrected chi connectivity index (χ0v) is 13.7. The molecule has 0 aliphatic rings. The van der Waals surface area contributed by atoms with Crippen molar-refractivity contribution in [2.75, 3.05) is 0 Å².